The van der Waals surface area contributed by atoms with E-state index in [1.165, 1.54) is 11.1 Å². The van der Waals surface area contributed by atoms with E-state index in [-0.39, 0.29) is 29.9 Å². The fraction of sp³-hybridized carbons (Fsp3) is 0.481. The molecule has 5 nitrogen and oxygen atoms in total. The average molecular weight is 437 g/mol. The molecular weight excluding hydrogens is 400 g/mol. The standard InChI is InChI=1S/C27H36N2O3/c1-18-7-10-24(23(15-18)27(4,5)6)32-17-25(30)29-13-11-22(12-14-29)28-26(31)21-9-8-19(2)20(3)16-21/h7-10,15-16,22H,11-14,17H2,1-6H3,(H,28,31). The number of aryl methyl sites for hydroxylation is 3. The van der Waals surface area contributed by atoms with Crippen molar-refractivity contribution in [2.24, 2.45) is 0 Å². The molecule has 0 spiro atoms. The zero-order valence-electron chi connectivity index (χ0n) is 20.2. The van der Waals surface area contributed by atoms with Crippen molar-refractivity contribution in [3.05, 3.63) is 64.2 Å². The van der Waals surface area contributed by atoms with Crippen LogP contribution in [0, 0.1) is 20.8 Å². The zero-order valence-corrected chi connectivity index (χ0v) is 20.2. The average Bonchev–Trinajstić information content (AvgIpc) is 2.74. The van der Waals surface area contributed by atoms with E-state index in [0.29, 0.717) is 18.7 Å². The first-order valence-electron chi connectivity index (χ1n) is 11.4. The number of ether oxygens (including phenoxy) is 1. The molecule has 1 N–H and O–H groups in total. The monoisotopic (exact) mass is 436 g/mol. The topological polar surface area (TPSA) is 58.6 Å². The second-order valence-corrected chi connectivity index (χ2v) is 9.97. The summed E-state index contributed by atoms with van der Waals surface area (Å²) >= 11 is 0. The van der Waals surface area contributed by atoms with E-state index in [0.717, 1.165) is 29.7 Å². The van der Waals surface area contributed by atoms with Crippen LogP contribution in [0.4, 0.5) is 0 Å². The third-order valence-corrected chi connectivity index (χ3v) is 6.25. The summed E-state index contributed by atoms with van der Waals surface area (Å²) in [6, 6.07) is 12.0. The number of piperidine rings is 1. The summed E-state index contributed by atoms with van der Waals surface area (Å²) in [5, 5.41) is 3.12. The van der Waals surface area contributed by atoms with E-state index < -0.39 is 0 Å². The molecule has 1 fully saturated rings. The summed E-state index contributed by atoms with van der Waals surface area (Å²) in [7, 11) is 0. The van der Waals surface area contributed by atoms with Crippen LogP contribution in [-0.4, -0.2) is 42.5 Å². The molecule has 0 saturated carbocycles. The van der Waals surface area contributed by atoms with Gasteiger partial charge in [-0.25, -0.2) is 0 Å². The van der Waals surface area contributed by atoms with Gasteiger partial charge in [-0.2, -0.15) is 0 Å². The lowest BCUT2D eigenvalue weighted by Crippen LogP contribution is -2.47. The first kappa shape index (κ1) is 23.8. The van der Waals surface area contributed by atoms with Crippen LogP contribution >= 0.6 is 0 Å². The number of likely N-dealkylation sites (tertiary alicyclic amines) is 1. The Hall–Kier alpha value is -2.82. The summed E-state index contributed by atoms with van der Waals surface area (Å²) in [5.41, 5.74) is 5.21. The lowest BCUT2D eigenvalue weighted by atomic mass is 9.85. The van der Waals surface area contributed by atoms with Crippen molar-refractivity contribution < 1.29 is 14.3 Å². The Morgan fingerprint density at radius 1 is 1.00 bits per heavy atom. The number of hydrogen-bond acceptors (Lipinski definition) is 3. The molecule has 0 radical (unpaired) electrons. The molecule has 1 saturated heterocycles. The number of carbonyl (C=O) groups excluding carboxylic acids is 2. The predicted molar refractivity (Wildman–Crippen MR) is 128 cm³/mol. The molecule has 0 aromatic heterocycles. The predicted octanol–water partition coefficient (Wildman–Crippen LogP) is 4.71. The molecule has 2 aromatic rings. The minimum absolute atomic E-state index is 0.00984. The SMILES string of the molecule is Cc1ccc(OCC(=O)N2CCC(NC(=O)c3ccc(C)c(C)c3)CC2)c(C(C)(C)C)c1. The molecule has 1 heterocycles. The molecule has 1 aliphatic heterocycles. The number of hydrogen-bond donors (Lipinski definition) is 1. The molecule has 0 atom stereocenters. The van der Waals surface area contributed by atoms with Gasteiger partial charge in [-0.3, -0.25) is 9.59 Å². The fourth-order valence-corrected chi connectivity index (χ4v) is 4.01. The van der Waals surface area contributed by atoms with E-state index in [9.17, 15) is 9.59 Å². The minimum Gasteiger partial charge on any atom is -0.483 e. The number of nitrogens with zero attached hydrogens (tertiary/aromatic N) is 1. The Morgan fingerprint density at radius 3 is 2.31 bits per heavy atom. The molecule has 0 aliphatic carbocycles. The van der Waals surface area contributed by atoms with Gasteiger partial charge in [0, 0.05) is 24.7 Å². The second kappa shape index (κ2) is 9.76. The first-order valence-corrected chi connectivity index (χ1v) is 11.4. The van der Waals surface area contributed by atoms with Crippen LogP contribution in [0.25, 0.3) is 0 Å². The van der Waals surface area contributed by atoms with Crippen LogP contribution in [0.5, 0.6) is 5.75 Å². The summed E-state index contributed by atoms with van der Waals surface area (Å²) in [6.45, 7) is 13.8. The number of amides is 2. The molecule has 0 unspecified atom stereocenters. The van der Waals surface area contributed by atoms with Crippen molar-refractivity contribution in [3.63, 3.8) is 0 Å². The summed E-state index contributed by atoms with van der Waals surface area (Å²) in [6.07, 6.45) is 1.50. The van der Waals surface area contributed by atoms with Gasteiger partial charge >= 0.3 is 0 Å². The van der Waals surface area contributed by atoms with Crippen LogP contribution in [0.2, 0.25) is 0 Å². The van der Waals surface area contributed by atoms with Crippen molar-refractivity contribution in [1.82, 2.24) is 10.2 Å². The maximum absolute atomic E-state index is 12.7. The third kappa shape index (κ3) is 5.90. The van der Waals surface area contributed by atoms with Crippen molar-refractivity contribution in [2.45, 2.75) is 65.8 Å². The van der Waals surface area contributed by atoms with Crippen LogP contribution < -0.4 is 10.1 Å². The Kier molecular flexibility index (Phi) is 7.27. The number of nitrogens with one attached hydrogen (secondary N) is 1. The highest BCUT2D eigenvalue weighted by Crippen LogP contribution is 2.32. The number of benzene rings is 2. The van der Waals surface area contributed by atoms with Crippen LogP contribution in [-0.2, 0) is 10.2 Å². The smallest absolute Gasteiger partial charge is 0.260 e. The maximum Gasteiger partial charge on any atom is 0.260 e. The Balaban J connectivity index is 1.51. The van der Waals surface area contributed by atoms with Crippen LogP contribution in [0.1, 0.15) is 66.2 Å². The van der Waals surface area contributed by atoms with Gasteiger partial charge in [-0.05, 0) is 73.9 Å². The third-order valence-electron chi connectivity index (χ3n) is 6.25. The Morgan fingerprint density at radius 2 is 1.69 bits per heavy atom. The van der Waals surface area contributed by atoms with E-state index in [1.54, 1.807) is 0 Å². The quantitative estimate of drug-likeness (QED) is 0.739. The van der Waals surface area contributed by atoms with E-state index in [1.807, 2.05) is 49.1 Å². The highest BCUT2D eigenvalue weighted by molar-refractivity contribution is 5.94. The van der Waals surface area contributed by atoms with Gasteiger partial charge in [0.15, 0.2) is 6.61 Å². The molecule has 0 bridgehead atoms. The molecule has 3 rings (SSSR count). The van der Waals surface area contributed by atoms with Gasteiger partial charge < -0.3 is 15.0 Å². The molecular formula is C27H36N2O3. The van der Waals surface area contributed by atoms with Crippen molar-refractivity contribution in [1.29, 1.82) is 0 Å². The Bertz CT molecular complexity index is 983. The highest BCUT2D eigenvalue weighted by atomic mass is 16.5. The molecule has 172 valence electrons. The summed E-state index contributed by atoms with van der Waals surface area (Å²) < 4.78 is 5.94. The van der Waals surface area contributed by atoms with E-state index in [2.05, 4.69) is 39.1 Å². The first-order chi connectivity index (χ1) is 15.0. The van der Waals surface area contributed by atoms with Gasteiger partial charge in [0.2, 0.25) is 0 Å². The van der Waals surface area contributed by atoms with Crippen LogP contribution in [0.15, 0.2) is 36.4 Å². The fourth-order valence-electron chi connectivity index (χ4n) is 4.01. The van der Waals surface area contributed by atoms with Gasteiger partial charge in [-0.15, -0.1) is 0 Å². The lowest BCUT2D eigenvalue weighted by Gasteiger charge is -2.32. The number of rotatable bonds is 5. The van der Waals surface area contributed by atoms with Crippen molar-refractivity contribution >= 4 is 11.8 Å². The highest BCUT2D eigenvalue weighted by Gasteiger charge is 2.25. The number of carbonyl (C=O) groups is 2. The summed E-state index contributed by atoms with van der Waals surface area (Å²) in [4.78, 5) is 27.1. The van der Waals surface area contributed by atoms with Gasteiger partial charge in [0.05, 0.1) is 0 Å². The maximum atomic E-state index is 12.7. The molecule has 32 heavy (non-hydrogen) atoms. The van der Waals surface area contributed by atoms with Crippen molar-refractivity contribution in [3.8, 4) is 5.75 Å². The zero-order chi connectivity index (χ0) is 23.5. The van der Waals surface area contributed by atoms with E-state index >= 15 is 0 Å². The molecule has 2 aromatic carbocycles. The van der Waals surface area contributed by atoms with E-state index in [4.69, 9.17) is 4.74 Å². The van der Waals surface area contributed by atoms with Gasteiger partial charge in [0.25, 0.3) is 11.8 Å². The van der Waals surface area contributed by atoms with Crippen molar-refractivity contribution in [2.75, 3.05) is 19.7 Å². The minimum atomic E-state index is -0.0586. The normalized spacial score (nSPS) is 14.9. The summed E-state index contributed by atoms with van der Waals surface area (Å²) in [5.74, 6) is 0.714. The van der Waals surface area contributed by atoms with Gasteiger partial charge in [0.1, 0.15) is 5.75 Å². The molecule has 2 amide bonds. The Labute approximate surface area is 192 Å². The second-order valence-electron chi connectivity index (χ2n) is 9.97. The largest absolute Gasteiger partial charge is 0.483 e. The van der Waals surface area contributed by atoms with Gasteiger partial charge in [-0.1, -0.05) is 44.5 Å². The lowest BCUT2D eigenvalue weighted by molar-refractivity contribution is -0.134. The van der Waals surface area contributed by atoms with Crippen LogP contribution in [0.3, 0.4) is 0 Å². The molecule has 1 aliphatic rings. The molecule has 5 heteroatoms.